The third-order valence-corrected chi connectivity index (χ3v) is 2.70. The van der Waals surface area contributed by atoms with E-state index < -0.39 is 0 Å². The van der Waals surface area contributed by atoms with Crippen molar-refractivity contribution >= 4 is 24.5 Å². The Morgan fingerprint density at radius 3 is 2.79 bits per heavy atom. The number of hydrogen-bond acceptors (Lipinski definition) is 5. The summed E-state index contributed by atoms with van der Waals surface area (Å²) in [5, 5.41) is 0. The van der Waals surface area contributed by atoms with Gasteiger partial charge in [-0.2, -0.15) is 12.6 Å². The van der Waals surface area contributed by atoms with Crippen LogP contribution in [-0.2, 0) is 4.79 Å². The lowest BCUT2D eigenvalue weighted by molar-refractivity contribution is -0.117. The highest BCUT2D eigenvalue weighted by Gasteiger charge is 2.30. The number of aromatic nitrogens is 3. The molecule has 1 aliphatic heterocycles. The zero-order valence-electron chi connectivity index (χ0n) is 7.50. The van der Waals surface area contributed by atoms with Crippen molar-refractivity contribution in [2.75, 3.05) is 17.2 Å². The third-order valence-electron chi connectivity index (χ3n) is 2.18. The molecule has 0 aromatic carbocycles. The molecule has 1 aliphatic rings. The molecule has 0 aliphatic carbocycles. The Labute approximate surface area is 87.0 Å². The Morgan fingerprint density at radius 1 is 1.50 bits per heavy atom. The minimum atomic E-state index is 0.0650. The van der Waals surface area contributed by atoms with Gasteiger partial charge >= 0.3 is 0 Å². The minimum absolute atomic E-state index is 0.0650. The van der Waals surface area contributed by atoms with Crippen molar-refractivity contribution < 1.29 is 4.79 Å². The van der Waals surface area contributed by atoms with Gasteiger partial charge in [-0.3, -0.25) is 9.69 Å². The molecule has 1 amide bonds. The maximum atomic E-state index is 11.5. The Morgan fingerprint density at radius 2 is 2.21 bits per heavy atom. The molecule has 1 aromatic rings. The van der Waals surface area contributed by atoms with Gasteiger partial charge in [0.15, 0.2) is 0 Å². The molecular weight excluding hydrogens is 200 g/mol. The van der Waals surface area contributed by atoms with E-state index >= 15 is 0 Å². The molecule has 0 bridgehead atoms. The van der Waals surface area contributed by atoms with Gasteiger partial charge in [-0.25, -0.2) is 15.0 Å². The van der Waals surface area contributed by atoms with Crippen LogP contribution in [0.4, 0.5) is 5.95 Å². The van der Waals surface area contributed by atoms with Gasteiger partial charge < -0.3 is 0 Å². The van der Waals surface area contributed by atoms with Crippen LogP contribution in [0.2, 0.25) is 0 Å². The summed E-state index contributed by atoms with van der Waals surface area (Å²) in [6.45, 7) is 0.659. The lowest BCUT2D eigenvalue weighted by Gasteiger charge is -2.12. The van der Waals surface area contributed by atoms with Crippen molar-refractivity contribution in [3.8, 4) is 0 Å². The smallest absolute Gasteiger partial charge is 0.235 e. The first-order chi connectivity index (χ1) is 6.81. The highest BCUT2D eigenvalue weighted by atomic mass is 32.1. The molecule has 14 heavy (non-hydrogen) atoms. The first-order valence-electron chi connectivity index (χ1n) is 4.34. The molecule has 1 saturated heterocycles. The maximum Gasteiger partial charge on any atom is 0.235 e. The molecule has 1 aromatic heterocycles. The Hall–Kier alpha value is -1.17. The summed E-state index contributed by atoms with van der Waals surface area (Å²) in [6.07, 6.45) is 3.32. The molecule has 0 N–H and O–H groups in total. The number of amides is 1. The van der Waals surface area contributed by atoms with E-state index in [0.717, 1.165) is 0 Å². The second kappa shape index (κ2) is 3.91. The molecule has 0 radical (unpaired) electrons. The van der Waals surface area contributed by atoms with Gasteiger partial charge in [0.2, 0.25) is 11.9 Å². The van der Waals surface area contributed by atoms with E-state index in [2.05, 4.69) is 27.6 Å². The molecule has 1 atom stereocenters. The van der Waals surface area contributed by atoms with E-state index in [-0.39, 0.29) is 5.91 Å². The number of nitrogens with zero attached hydrogens (tertiary/aromatic N) is 4. The van der Waals surface area contributed by atoms with E-state index in [1.54, 1.807) is 4.90 Å². The van der Waals surface area contributed by atoms with Crippen LogP contribution < -0.4 is 4.90 Å². The zero-order valence-corrected chi connectivity index (χ0v) is 8.39. The lowest BCUT2D eigenvalue weighted by atomic mass is 10.1. The molecule has 5 nitrogen and oxygen atoms in total. The molecule has 0 spiro atoms. The van der Waals surface area contributed by atoms with E-state index in [0.29, 0.717) is 30.6 Å². The van der Waals surface area contributed by atoms with Crippen LogP contribution in [0, 0.1) is 5.92 Å². The van der Waals surface area contributed by atoms with Gasteiger partial charge in [0.25, 0.3) is 0 Å². The third kappa shape index (κ3) is 1.70. The summed E-state index contributed by atoms with van der Waals surface area (Å²) in [5.74, 6) is 1.53. The van der Waals surface area contributed by atoms with Crippen molar-refractivity contribution in [2.45, 2.75) is 6.42 Å². The first kappa shape index (κ1) is 9.39. The Balaban J connectivity index is 2.17. The second-order valence-electron chi connectivity index (χ2n) is 3.20. The summed E-state index contributed by atoms with van der Waals surface area (Å²) >= 11 is 4.18. The standard InChI is InChI=1S/C8H10N4OS/c13-7-1-6(3-14)2-12(7)8-10-4-9-5-11-8/h4-6,14H,1-3H2. The van der Waals surface area contributed by atoms with Crippen LogP contribution in [0.15, 0.2) is 12.7 Å². The fraction of sp³-hybridized carbons (Fsp3) is 0.500. The van der Waals surface area contributed by atoms with Gasteiger partial charge in [-0.1, -0.05) is 0 Å². The molecule has 6 heteroatoms. The zero-order chi connectivity index (χ0) is 9.97. The van der Waals surface area contributed by atoms with Crippen LogP contribution in [0.3, 0.4) is 0 Å². The van der Waals surface area contributed by atoms with Gasteiger partial charge in [0.05, 0.1) is 0 Å². The number of carbonyl (C=O) groups is 1. The number of hydrogen-bond donors (Lipinski definition) is 1. The molecule has 2 heterocycles. The summed E-state index contributed by atoms with van der Waals surface area (Å²) in [4.78, 5) is 24.7. The quantitative estimate of drug-likeness (QED) is 0.706. The van der Waals surface area contributed by atoms with Crippen LogP contribution in [0.5, 0.6) is 0 Å². The van der Waals surface area contributed by atoms with Crippen LogP contribution in [0.25, 0.3) is 0 Å². The number of carbonyl (C=O) groups excluding carboxylic acids is 1. The topological polar surface area (TPSA) is 59.0 Å². The van der Waals surface area contributed by atoms with E-state index in [9.17, 15) is 4.79 Å². The SMILES string of the molecule is O=C1CC(CS)CN1c1ncncn1. The van der Waals surface area contributed by atoms with Crippen molar-refractivity contribution in [1.82, 2.24) is 15.0 Å². The summed E-state index contributed by atoms with van der Waals surface area (Å²) < 4.78 is 0. The molecule has 0 saturated carbocycles. The average Bonchev–Trinajstić information content (AvgIpc) is 2.61. The van der Waals surface area contributed by atoms with Gasteiger partial charge in [-0.15, -0.1) is 0 Å². The molecular formula is C8H10N4OS. The van der Waals surface area contributed by atoms with Crippen LogP contribution in [-0.4, -0.2) is 33.2 Å². The Bertz CT molecular complexity index is 331. The van der Waals surface area contributed by atoms with Gasteiger partial charge in [0, 0.05) is 13.0 Å². The predicted octanol–water partition coefficient (Wildman–Crippen LogP) is 0.154. The highest BCUT2D eigenvalue weighted by Crippen LogP contribution is 2.21. The second-order valence-corrected chi connectivity index (χ2v) is 3.56. The lowest BCUT2D eigenvalue weighted by Crippen LogP contribution is -2.26. The highest BCUT2D eigenvalue weighted by molar-refractivity contribution is 7.80. The monoisotopic (exact) mass is 210 g/mol. The van der Waals surface area contributed by atoms with Crippen molar-refractivity contribution in [3.63, 3.8) is 0 Å². The summed E-state index contributed by atoms with van der Waals surface area (Å²) in [6, 6.07) is 0. The summed E-state index contributed by atoms with van der Waals surface area (Å²) in [7, 11) is 0. The normalized spacial score (nSPS) is 21.6. The fourth-order valence-electron chi connectivity index (χ4n) is 1.47. The first-order valence-corrected chi connectivity index (χ1v) is 4.97. The number of rotatable bonds is 2. The maximum absolute atomic E-state index is 11.5. The fourth-order valence-corrected chi connectivity index (χ4v) is 1.71. The van der Waals surface area contributed by atoms with Crippen molar-refractivity contribution in [1.29, 1.82) is 0 Å². The molecule has 1 fully saturated rings. The number of thiol groups is 1. The summed E-state index contributed by atoms with van der Waals surface area (Å²) in [5.41, 5.74) is 0. The van der Waals surface area contributed by atoms with E-state index in [4.69, 9.17) is 0 Å². The minimum Gasteiger partial charge on any atom is -0.280 e. The average molecular weight is 210 g/mol. The predicted molar refractivity (Wildman–Crippen MR) is 54.1 cm³/mol. The molecule has 2 rings (SSSR count). The van der Waals surface area contributed by atoms with Crippen molar-refractivity contribution in [3.05, 3.63) is 12.7 Å². The van der Waals surface area contributed by atoms with Gasteiger partial charge in [0.1, 0.15) is 12.7 Å². The van der Waals surface area contributed by atoms with Gasteiger partial charge in [-0.05, 0) is 11.7 Å². The molecule has 1 unspecified atom stereocenters. The van der Waals surface area contributed by atoms with Crippen LogP contribution >= 0.6 is 12.6 Å². The molecule has 74 valence electrons. The van der Waals surface area contributed by atoms with Crippen molar-refractivity contribution in [2.24, 2.45) is 5.92 Å². The van der Waals surface area contributed by atoms with E-state index in [1.165, 1.54) is 12.7 Å². The van der Waals surface area contributed by atoms with Crippen LogP contribution in [0.1, 0.15) is 6.42 Å². The van der Waals surface area contributed by atoms with E-state index in [1.807, 2.05) is 0 Å². The largest absolute Gasteiger partial charge is 0.280 e. The number of anilines is 1. The Kier molecular flexibility index (Phi) is 2.62.